The number of halogens is 1. The summed E-state index contributed by atoms with van der Waals surface area (Å²) in [6.45, 7) is 3.38. The van der Waals surface area contributed by atoms with Crippen LogP contribution in [-0.2, 0) is 11.2 Å². The maximum Gasteiger partial charge on any atom is 0.307 e. The first-order valence-electron chi connectivity index (χ1n) is 4.12. The first-order chi connectivity index (χ1) is 6.43. The highest BCUT2D eigenvalue weighted by Gasteiger charge is 2.12. The largest absolute Gasteiger partial charge is 0.506 e. The van der Waals surface area contributed by atoms with Crippen LogP contribution in [0.2, 0.25) is 5.02 Å². The molecule has 4 heteroatoms. The highest BCUT2D eigenvalue weighted by Crippen LogP contribution is 2.32. The van der Waals surface area contributed by atoms with Crippen LogP contribution in [0.25, 0.3) is 0 Å². The minimum absolute atomic E-state index is 0.0262. The van der Waals surface area contributed by atoms with Crippen LogP contribution >= 0.6 is 11.6 Å². The molecule has 0 atom stereocenters. The van der Waals surface area contributed by atoms with Gasteiger partial charge in [0.05, 0.1) is 11.4 Å². The molecule has 0 heterocycles. The summed E-state index contributed by atoms with van der Waals surface area (Å²) >= 11 is 5.83. The molecule has 0 radical (unpaired) electrons. The van der Waals surface area contributed by atoms with Crippen molar-refractivity contribution >= 4 is 17.6 Å². The molecule has 0 bridgehead atoms. The second kappa shape index (κ2) is 3.88. The van der Waals surface area contributed by atoms with E-state index >= 15 is 0 Å². The Hall–Kier alpha value is -1.22. The van der Waals surface area contributed by atoms with Crippen molar-refractivity contribution in [2.75, 3.05) is 0 Å². The third kappa shape index (κ3) is 1.99. The summed E-state index contributed by atoms with van der Waals surface area (Å²) in [4.78, 5) is 10.5. The fourth-order valence-corrected chi connectivity index (χ4v) is 1.55. The van der Waals surface area contributed by atoms with Crippen molar-refractivity contribution in [2.24, 2.45) is 0 Å². The number of aromatic hydroxyl groups is 1. The number of aliphatic carboxylic acids is 1. The van der Waals surface area contributed by atoms with Gasteiger partial charge in [-0.15, -0.1) is 0 Å². The zero-order valence-corrected chi connectivity index (χ0v) is 8.72. The Bertz CT molecular complexity index is 385. The van der Waals surface area contributed by atoms with Gasteiger partial charge in [-0.05, 0) is 30.5 Å². The monoisotopic (exact) mass is 214 g/mol. The maximum absolute atomic E-state index is 10.5. The lowest BCUT2D eigenvalue weighted by Gasteiger charge is -2.09. The van der Waals surface area contributed by atoms with Crippen molar-refractivity contribution in [1.29, 1.82) is 0 Å². The van der Waals surface area contributed by atoms with Gasteiger partial charge < -0.3 is 10.2 Å². The number of phenolic OH excluding ortho intramolecular Hbond substituents is 1. The number of carbonyl (C=O) groups is 1. The third-order valence-corrected chi connectivity index (χ3v) is 2.59. The van der Waals surface area contributed by atoms with Crippen molar-refractivity contribution in [3.8, 4) is 5.75 Å². The normalized spacial score (nSPS) is 10.2. The van der Waals surface area contributed by atoms with E-state index in [1.807, 2.05) is 0 Å². The number of carboxylic acids is 1. The highest BCUT2D eigenvalue weighted by atomic mass is 35.5. The summed E-state index contributed by atoms with van der Waals surface area (Å²) in [7, 11) is 0. The fourth-order valence-electron chi connectivity index (χ4n) is 1.28. The second-order valence-corrected chi connectivity index (χ2v) is 3.59. The van der Waals surface area contributed by atoms with Crippen molar-refractivity contribution in [2.45, 2.75) is 20.3 Å². The molecule has 3 nitrogen and oxygen atoms in total. The number of carboxylic acid groups (broad SMARTS) is 1. The molecule has 0 aliphatic carbocycles. The minimum atomic E-state index is -0.908. The summed E-state index contributed by atoms with van der Waals surface area (Å²) in [6.07, 6.45) is -0.0767. The molecule has 76 valence electrons. The quantitative estimate of drug-likeness (QED) is 0.794. The van der Waals surface area contributed by atoms with E-state index in [-0.39, 0.29) is 17.2 Å². The smallest absolute Gasteiger partial charge is 0.307 e. The van der Waals surface area contributed by atoms with Gasteiger partial charge in [-0.25, -0.2) is 0 Å². The predicted octanol–water partition coefficient (Wildman–Crippen LogP) is 2.29. The molecule has 14 heavy (non-hydrogen) atoms. The van der Waals surface area contributed by atoms with E-state index in [4.69, 9.17) is 16.7 Å². The summed E-state index contributed by atoms with van der Waals surface area (Å²) in [5, 5.41) is 18.3. The average molecular weight is 215 g/mol. The standard InChI is InChI=1S/C10H11ClO3/c1-5-3-7(4-8(12)13)6(2)9(11)10(5)14/h3,14H,4H2,1-2H3,(H,12,13). The first kappa shape index (κ1) is 10.9. The number of phenols is 1. The Morgan fingerprint density at radius 3 is 2.57 bits per heavy atom. The first-order valence-corrected chi connectivity index (χ1v) is 4.50. The van der Waals surface area contributed by atoms with Crippen LogP contribution in [0.1, 0.15) is 16.7 Å². The van der Waals surface area contributed by atoms with Crippen LogP contribution in [0.3, 0.4) is 0 Å². The van der Waals surface area contributed by atoms with Crippen molar-refractivity contribution in [3.63, 3.8) is 0 Å². The third-order valence-electron chi connectivity index (χ3n) is 2.12. The van der Waals surface area contributed by atoms with E-state index in [9.17, 15) is 9.90 Å². The van der Waals surface area contributed by atoms with Gasteiger partial charge in [-0.2, -0.15) is 0 Å². The zero-order valence-electron chi connectivity index (χ0n) is 7.97. The Morgan fingerprint density at radius 2 is 2.07 bits per heavy atom. The van der Waals surface area contributed by atoms with Gasteiger partial charge in [-0.3, -0.25) is 4.79 Å². The molecule has 0 aromatic heterocycles. The predicted molar refractivity (Wildman–Crippen MR) is 53.9 cm³/mol. The summed E-state index contributed by atoms with van der Waals surface area (Å²) < 4.78 is 0. The molecule has 0 fully saturated rings. The molecular formula is C10H11ClO3. The molecule has 0 aliphatic heterocycles. The summed E-state index contributed by atoms with van der Waals surface area (Å²) in [5.41, 5.74) is 1.85. The Balaban J connectivity index is 3.25. The van der Waals surface area contributed by atoms with E-state index in [2.05, 4.69) is 0 Å². The Labute approximate surface area is 86.9 Å². The number of aryl methyl sites for hydroxylation is 1. The van der Waals surface area contributed by atoms with E-state index in [1.54, 1.807) is 19.9 Å². The van der Waals surface area contributed by atoms with Gasteiger partial charge in [0.1, 0.15) is 5.75 Å². The maximum atomic E-state index is 10.5. The van der Waals surface area contributed by atoms with Crippen LogP contribution in [0.4, 0.5) is 0 Å². The minimum Gasteiger partial charge on any atom is -0.506 e. The number of benzene rings is 1. The van der Waals surface area contributed by atoms with Gasteiger partial charge in [0.15, 0.2) is 0 Å². The Morgan fingerprint density at radius 1 is 1.50 bits per heavy atom. The lowest BCUT2D eigenvalue weighted by molar-refractivity contribution is -0.136. The topological polar surface area (TPSA) is 57.5 Å². The Kier molecular flexibility index (Phi) is 3.01. The molecule has 0 saturated carbocycles. The van der Waals surface area contributed by atoms with Crippen LogP contribution in [0.5, 0.6) is 5.75 Å². The van der Waals surface area contributed by atoms with Gasteiger partial charge in [0, 0.05) is 0 Å². The van der Waals surface area contributed by atoms with E-state index in [0.29, 0.717) is 16.7 Å². The van der Waals surface area contributed by atoms with Crippen molar-refractivity contribution < 1.29 is 15.0 Å². The molecule has 1 aromatic carbocycles. The van der Waals surface area contributed by atoms with Gasteiger partial charge in [0.2, 0.25) is 0 Å². The zero-order chi connectivity index (χ0) is 10.9. The molecule has 1 rings (SSSR count). The molecule has 0 amide bonds. The summed E-state index contributed by atoms with van der Waals surface area (Å²) in [6, 6.07) is 1.64. The number of hydrogen-bond acceptors (Lipinski definition) is 2. The molecule has 0 unspecified atom stereocenters. The van der Waals surface area contributed by atoms with Crippen LogP contribution in [-0.4, -0.2) is 16.2 Å². The van der Waals surface area contributed by atoms with Crippen molar-refractivity contribution in [3.05, 3.63) is 27.8 Å². The second-order valence-electron chi connectivity index (χ2n) is 3.21. The summed E-state index contributed by atoms with van der Waals surface area (Å²) in [5.74, 6) is -0.882. The van der Waals surface area contributed by atoms with Crippen LogP contribution in [0, 0.1) is 13.8 Å². The molecule has 0 spiro atoms. The number of hydrogen-bond donors (Lipinski definition) is 2. The lowest BCUT2D eigenvalue weighted by Crippen LogP contribution is -2.03. The van der Waals surface area contributed by atoms with E-state index in [1.165, 1.54) is 0 Å². The SMILES string of the molecule is Cc1cc(CC(=O)O)c(C)c(Cl)c1O. The molecule has 0 aliphatic rings. The van der Waals surface area contributed by atoms with Gasteiger partial charge in [-0.1, -0.05) is 17.7 Å². The average Bonchev–Trinajstić information content (AvgIpc) is 2.10. The van der Waals surface area contributed by atoms with Crippen molar-refractivity contribution in [1.82, 2.24) is 0 Å². The number of rotatable bonds is 2. The lowest BCUT2D eigenvalue weighted by atomic mass is 10.0. The van der Waals surface area contributed by atoms with Crippen LogP contribution in [0.15, 0.2) is 6.07 Å². The fraction of sp³-hybridized carbons (Fsp3) is 0.300. The molecule has 2 N–H and O–H groups in total. The molecule has 1 aromatic rings. The molecular weight excluding hydrogens is 204 g/mol. The highest BCUT2D eigenvalue weighted by molar-refractivity contribution is 6.33. The van der Waals surface area contributed by atoms with E-state index < -0.39 is 5.97 Å². The van der Waals surface area contributed by atoms with Crippen LogP contribution < -0.4 is 0 Å². The van der Waals surface area contributed by atoms with E-state index in [0.717, 1.165) is 0 Å². The molecule has 0 saturated heterocycles. The van der Waals surface area contributed by atoms with Gasteiger partial charge >= 0.3 is 5.97 Å². The van der Waals surface area contributed by atoms with Gasteiger partial charge in [0.25, 0.3) is 0 Å².